The minimum Gasteiger partial charge on any atom is -0.457 e. The van der Waals surface area contributed by atoms with E-state index in [-0.39, 0.29) is 5.91 Å². The maximum Gasteiger partial charge on any atom is 0.255 e. The number of furan rings is 1. The van der Waals surface area contributed by atoms with E-state index in [0.717, 1.165) is 19.6 Å². The zero-order valence-electron chi connectivity index (χ0n) is 9.75. The van der Waals surface area contributed by atoms with Crippen molar-refractivity contribution >= 4 is 21.8 Å². The number of hydrogen-bond donors (Lipinski definition) is 1. The third kappa shape index (κ3) is 3.57. The minimum absolute atomic E-state index is 0.0809. The molecule has 0 radical (unpaired) electrons. The molecular formula is C12H17BrN2O2. The fourth-order valence-corrected chi connectivity index (χ4v) is 2.48. The molecule has 2 heterocycles. The number of nitrogens with one attached hydrogen (secondary N) is 1. The van der Waals surface area contributed by atoms with Gasteiger partial charge in [0.2, 0.25) is 0 Å². The summed E-state index contributed by atoms with van der Waals surface area (Å²) in [6.07, 6.45) is 5.40. The summed E-state index contributed by atoms with van der Waals surface area (Å²) in [5.74, 6) is -0.0809. The van der Waals surface area contributed by atoms with Crippen molar-refractivity contribution in [1.29, 1.82) is 0 Å². The molecule has 0 atom stereocenters. The van der Waals surface area contributed by atoms with E-state index in [0.29, 0.717) is 16.8 Å². The van der Waals surface area contributed by atoms with E-state index in [1.54, 1.807) is 6.07 Å². The summed E-state index contributed by atoms with van der Waals surface area (Å²) in [5, 5.41) is 2.90. The molecule has 1 aliphatic heterocycles. The molecule has 1 amide bonds. The molecule has 4 nitrogen and oxygen atoms in total. The van der Waals surface area contributed by atoms with Crippen molar-refractivity contribution < 1.29 is 9.21 Å². The molecule has 2 rings (SSSR count). The number of halogens is 1. The topological polar surface area (TPSA) is 45.5 Å². The average Bonchev–Trinajstić information content (AvgIpc) is 2.77. The molecule has 1 aliphatic rings. The van der Waals surface area contributed by atoms with Crippen molar-refractivity contribution in [2.75, 3.05) is 26.2 Å². The second kappa shape index (κ2) is 6.21. The van der Waals surface area contributed by atoms with Crippen LogP contribution in [0.15, 0.2) is 21.4 Å². The second-order valence-electron chi connectivity index (χ2n) is 4.27. The molecule has 17 heavy (non-hydrogen) atoms. The van der Waals surface area contributed by atoms with Crippen molar-refractivity contribution in [3.8, 4) is 0 Å². The number of hydrogen-bond acceptors (Lipinski definition) is 3. The number of rotatable bonds is 4. The summed E-state index contributed by atoms with van der Waals surface area (Å²) < 4.78 is 5.52. The molecule has 1 aromatic rings. The van der Waals surface area contributed by atoms with Crippen LogP contribution in [0.4, 0.5) is 0 Å². The highest BCUT2D eigenvalue weighted by Crippen LogP contribution is 2.16. The summed E-state index contributed by atoms with van der Waals surface area (Å²) in [6.45, 7) is 3.94. The van der Waals surface area contributed by atoms with Crippen molar-refractivity contribution in [1.82, 2.24) is 10.2 Å². The number of carbonyl (C=O) groups excluding carboxylic acids is 1. The Balaban J connectivity index is 1.71. The molecule has 1 N–H and O–H groups in total. The molecular weight excluding hydrogens is 284 g/mol. The van der Waals surface area contributed by atoms with Gasteiger partial charge in [-0.2, -0.15) is 0 Å². The first-order chi connectivity index (χ1) is 8.27. The Kier molecular flexibility index (Phi) is 4.62. The third-order valence-corrected chi connectivity index (χ3v) is 3.64. The Morgan fingerprint density at radius 1 is 1.41 bits per heavy atom. The highest BCUT2D eigenvalue weighted by molar-refractivity contribution is 9.10. The maximum atomic E-state index is 11.7. The normalized spacial score (nSPS) is 17.0. The Bertz CT molecular complexity index is 372. The molecule has 94 valence electrons. The van der Waals surface area contributed by atoms with Crippen LogP contribution in [0.1, 0.15) is 29.6 Å². The van der Waals surface area contributed by atoms with Gasteiger partial charge in [-0.05, 0) is 47.9 Å². The van der Waals surface area contributed by atoms with Gasteiger partial charge in [-0.25, -0.2) is 0 Å². The van der Waals surface area contributed by atoms with Gasteiger partial charge in [0.25, 0.3) is 5.91 Å². The van der Waals surface area contributed by atoms with E-state index in [4.69, 9.17) is 4.42 Å². The van der Waals surface area contributed by atoms with Crippen LogP contribution in [0, 0.1) is 0 Å². The summed E-state index contributed by atoms with van der Waals surface area (Å²) in [4.78, 5) is 14.1. The Hall–Kier alpha value is -0.810. The summed E-state index contributed by atoms with van der Waals surface area (Å²) in [7, 11) is 0. The van der Waals surface area contributed by atoms with E-state index in [2.05, 4.69) is 26.1 Å². The second-order valence-corrected chi connectivity index (χ2v) is 4.99. The lowest BCUT2D eigenvalue weighted by atomic mass is 10.1. The van der Waals surface area contributed by atoms with Crippen LogP contribution in [-0.2, 0) is 0 Å². The first-order valence-corrected chi connectivity index (χ1v) is 6.80. The van der Waals surface area contributed by atoms with Gasteiger partial charge in [-0.15, -0.1) is 0 Å². The van der Waals surface area contributed by atoms with Gasteiger partial charge in [-0.3, -0.25) is 4.79 Å². The molecule has 0 spiro atoms. The number of carbonyl (C=O) groups is 1. The Labute approximate surface area is 109 Å². The van der Waals surface area contributed by atoms with Crippen molar-refractivity contribution in [2.45, 2.75) is 19.3 Å². The zero-order chi connectivity index (χ0) is 12.1. The van der Waals surface area contributed by atoms with Crippen LogP contribution in [0.5, 0.6) is 0 Å². The molecule has 1 fully saturated rings. The third-order valence-electron chi connectivity index (χ3n) is 3.02. The van der Waals surface area contributed by atoms with Crippen LogP contribution in [0.2, 0.25) is 0 Å². The SMILES string of the molecule is O=C(NCCN1CCCCC1)c1ccoc1Br. The molecule has 1 saturated heterocycles. The fourth-order valence-electron chi connectivity index (χ4n) is 2.06. The highest BCUT2D eigenvalue weighted by Gasteiger charge is 2.13. The van der Waals surface area contributed by atoms with Gasteiger partial charge >= 0.3 is 0 Å². The van der Waals surface area contributed by atoms with Crippen LogP contribution in [0.3, 0.4) is 0 Å². The van der Waals surface area contributed by atoms with E-state index in [1.165, 1.54) is 25.5 Å². The van der Waals surface area contributed by atoms with Gasteiger partial charge in [0.05, 0.1) is 11.8 Å². The summed E-state index contributed by atoms with van der Waals surface area (Å²) >= 11 is 3.20. The van der Waals surface area contributed by atoms with Gasteiger partial charge in [-0.1, -0.05) is 6.42 Å². The largest absolute Gasteiger partial charge is 0.457 e. The number of piperidine rings is 1. The molecule has 5 heteroatoms. The summed E-state index contributed by atoms with van der Waals surface area (Å²) in [6, 6.07) is 1.67. The highest BCUT2D eigenvalue weighted by atomic mass is 79.9. The number of likely N-dealkylation sites (tertiary alicyclic amines) is 1. The molecule has 0 bridgehead atoms. The van der Waals surface area contributed by atoms with Gasteiger partial charge in [0, 0.05) is 13.1 Å². The first-order valence-electron chi connectivity index (χ1n) is 6.01. The number of amides is 1. The molecule has 1 aromatic heterocycles. The van der Waals surface area contributed by atoms with Gasteiger partial charge in [0.15, 0.2) is 4.67 Å². The van der Waals surface area contributed by atoms with Crippen LogP contribution in [-0.4, -0.2) is 37.0 Å². The monoisotopic (exact) mass is 300 g/mol. The average molecular weight is 301 g/mol. The zero-order valence-corrected chi connectivity index (χ0v) is 11.3. The smallest absolute Gasteiger partial charge is 0.255 e. The lowest BCUT2D eigenvalue weighted by Gasteiger charge is -2.26. The molecule has 0 saturated carbocycles. The Morgan fingerprint density at radius 2 is 2.18 bits per heavy atom. The van der Waals surface area contributed by atoms with Crippen LogP contribution in [0.25, 0.3) is 0 Å². The quantitative estimate of drug-likeness (QED) is 0.928. The molecule has 0 aromatic carbocycles. The first kappa shape index (κ1) is 12.6. The van der Waals surface area contributed by atoms with Crippen molar-refractivity contribution in [3.05, 3.63) is 22.6 Å². The number of nitrogens with zero attached hydrogens (tertiary/aromatic N) is 1. The predicted molar refractivity (Wildman–Crippen MR) is 69.0 cm³/mol. The van der Waals surface area contributed by atoms with Crippen LogP contribution < -0.4 is 5.32 Å². The van der Waals surface area contributed by atoms with Gasteiger partial charge in [0.1, 0.15) is 0 Å². The van der Waals surface area contributed by atoms with Crippen molar-refractivity contribution in [2.24, 2.45) is 0 Å². The minimum atomic E-state index is -0.0809. The Morgan fingerprint density at radius 3 is 2.82 bits per heavy atom. The lowest BCUT2D eigenvalue weighted by Crippen LogP contribution is -2.37. The van der Waals surface area contributed by atoms with E-state index in [1.807, 2.05) is 0 Å². The maximum absolute atomic E-state index is 11.7. The lowest BCUT2D eigenvalue weighted by molar-refractivity contribution is 0.0945. The molecule has 0 unspecified atom stereocenters. The summed E-state index contributed by atoms with van der Waals surface area (Å²) in [5.41, 5.74) is 0.559. The standard InChI is InChI=1S/C12H17BrN2O2/c13-11-10(4-9-17-11)12(16)14-5-8-15-6-2-1-3-7-15/h4,9H,1-3,5-8H2,(H,14,16). The van der Waals surface area contributed by atoms with Crippen molar-refractivity contribution in [3.63, 3.8) is 0 Å². The van der Waals surface area contributed by atoms with Gasteiger partial charge < -0.3 is 14.6 Å². The fraction of sp³-hybridized carbons (Fsp3) is 0.583. The predicted octanol–water partition coefficient (Wildman–Crippen LogP) is 2.26. The van der Waals surface area contributed by atoms with E-state index >= 15 is 0 Å². The van der Waals surface area contributed by atoms with E-state index < -0.39 is 0 Å². The van der Waals surface area contributed by atoms with Crippen LogP contribution >= 0.6 is 15.9 Å². The molecule has 0 aliphatic carbocycles. The van der Waals surface area contributed by atoms with E-state index in [9.17, 15) is 4.79 Å².